The van der Waals surface area contributed by atoms with Gasteiger partial charge in [-0.1, -0.05) is 72.8 Å². The molecular weight excluding hydrogens is 457 g/mol. The molecule has 1 N–H and O–H groups in total. The van der Waals surface area contributed by atoms with Crippen molar-refractivity contribution in [3.05, 3.63) is 95.8 Å². The molecule has 4 aromatic rings. The van der Waals surface area contributed by atoms with E-state index in [0.717, 1.165) is 5.56 Å². The van der Waals surface area contributed by atoms with Crippen molar-refractivity contribution >= 4 is 22.8 Å². The summed E-state index contributed by atoms with van der Waals surface area (Å²) in [6, 6.07) is 21.6. The number of rotatable bonds is 9. The van der Waals surface area contributed by atoms with Crippen LogP contribution in [-0.4, -0.2) is 37.2 Å². The number of nitrogens with zero attached hydrogens (tertiary/aromatic N) is 4. The van der Waals surface area contributed by atoms with Crippen molar-refractivity contribution in [2.75, 3.05) is 0 Å². The predicted molar refractivity (Wildman–Crippen MR) is 136 cm³/mol. The van der Waals surface area contributed by atoms with Crippen molar-refractivity contribution in [2.45, 2.75) is 51.9 Å². The van der Waals surface area contributed by atoms with Gasteiger partial charge in [0.1, 0.15) is 23.9 Å². The molecular formula is C28H30FN5O2. The Morgan fingerprint density at radius 1 is 1.00 bits per heavy atom. The molecule has 8 heteroatoms. The SMILES string of the molecule is CCC(C)(C)NC(=O)[C@H](c1ccccc1F)N(Cc1ccccc1)C(=O)Cn1nnc2ccccc21. The lowest BCUT2D eigenvalue weighted by atomic mass is 9.98. The van der Waals surface area contributed by atoms with Crippen LogP contribution in [0.4, 0.5) is 4.39 Å². The van der Waals surface area contributed by atoms with Crippen molar-refractivity contribution in [3.8, 4) is 0 Å². The highest BCUT2D eigenvalue weighted by atomic mass is 19.1. The average molecular weight is 488 g/mol. The van der Waals surface area contributed by atoms with E-state index in [1.165, 1.54) is 15.6 Å². The van der Waals surface area contributed by atoms with Crippen molar-refractivity contribution in [3.63, 3.8) is 0 Å². The molecule has 186 valence electrons. The first-order valence-corrected chi connectivity index (χ1v) is 12.0. The maximum absolute atomic E-state index is 15.1. The van der Waals surface area contributed by atoms with Gasteiger partial charge in [-0.15, -0.1) is 5.10 Å². The summed E-state index contributed by atoms with van der Waals surface area (Å²) in [5.41, 5.74) is 1.77. The molecule has 7 nitrogen and oxygen atoms in total. The second-order valence-corrected chi connectivity index (χ2v) is 9.39. The number of fused-ring (bicyclic) bond motifs is 1. The molecule has 2 amide bonds. The molecule has 0 radical (unpaired) electrons. The van der Waals surface area contributed by atoms with Crippen molar-refractivity contribution in [2.24, 2.45) is 0 Å². The lowest BCUT2D eigenvalue weighted by molar-refractivity contribution is -0.143. The van der Waals surface area contributed by atoms with E-state index in [-0.39, 0.29) is 24.6 Å². The largest absolute Gasteiger partial charge is 0.349 e. The van der Waals surface area contributed by atoms with Crippen LogP contribution in [0, 0.1) is 5.82 Å². The number of halogens is 1. The Balaban J connectivity index is 1.77. The molecule has 0 fully saturated rings. The van der Waals surface area contributed by atoms with Crippen LogP contribution in [0.5, 0.6) is 0 Å². The molecule has 0 spiro atoms. The number of amides is 2. The van der Waals surface area contributed by atoms with Gasteiger partial charge in [0, 0.05) is 17.6 Å². The summed E-state index contributed by atoms with van der Waals surface area (Å²) < 4.78 is 16.6. The number of aromatic nitrogens is 3. The molecule has 36 heavy (non-hydrogen) atoms. The number of carbonyl (C=O) groups is 2. The summed E-state index contributed by atoms with van der Waals surface area (Å²) in [7, 11) is 0. The lowest BCUT2D eigenvalue weighted by Gasteiger charge is -2.34. The highest BCUT2D eigenvalue weighted by molar-refractivity contribution is 5.89. The van der Waals surface area contributed by atoms with E-state index in [0.29, 0.717) is 17.5 Å². The zero-order chi connectivity index (χ0) is 25.7. The van der Waals surface area contributed by atoms with Crippen LogP contribution in [0.3, 0.4) is 0 Å². The molecule has 4 rings (SSSR count). The number of hydrogen-bond donors (Lipinski definition) is 1. The van der Waals surface area contributed by atoms with Crippen LogP contribution in [0.1, 0.15) is 44.4 Å². The Morgan fingerprint density at radius 2 is 1.67 bits per heavy atom. The smallest absolute Gasteiger partial charge is 0.247 e. The van der Waals surface area contributed by atoms with Crippen LogP contribution in [0.15, 0.2) is 78.9 Å². The highest BCUT2D eigenvalue weighted by Gasteiger charge is 2.35. The van der Waals surface area contributed by atoms with E-state index in [2.05, 4.69) is 15.6 Å². The van der Waals surface area contributed by atoms with Gasteiger partial charge in [0.25, 0.3) is 0 Å². The molecule has 0 aliphatic rings. The fourth-order valence-electron chi connectivity index (χ4n) is 3.99. The highest BCUT2D eigenvalue weighted by Crippen LogP contribution is 2.28. The zero-order valence-electron chi connectivity index (χ0n) is 20.7. The summed E-state index contributed by atoms with van der Waals surface area (Å²) in [5.74, 6) is -1.38. The molecule has 0 unspecified atom stereocenters. The second kappa shape index (κ2) is 10.7. The Kier molecular flexibility index (Phi) is 7.43. The minimum absolute atomic E-state index is 0.116. The summed E-state index contributed by atoms with van der Waals surface area (Å²) in [4.78, 5) is 29.0. The Labute approximate surface area is 209 Å². The van der Waals surface area contributed by atoms with E-state index < -0.39 is 23.3 Å². The Hall–Kier alpha value is -4.07. The molecule has 0 aliphatic heterocycles. The van der Waals surface area contributed by atoms with Crippen molar-refractivity contribution in [1.82, 2.24) is 25.2 Å². The van der Waals surface area contributed by atoms with Crippen LogP contribution < -0.4 is 5.32 Å². The average Bonchev–Trinajstić information content (AvgIpc) is 3.28. The Morgan fingerprint density at radius 3 is 2.39 bits per heavy atom. The van der Waals surface area contributed by atoms with Gasteiger partial charge in [0.15, 0.2) is 0 Å². The van der Waals surface area contributed by atoms with Crippen LogP contribution in [0.2, 0.25) is 0 Å². The van der Waals surface area contributed by atoms with E-state index in [1.54, 1.807) is 18.2 Å². The van der Waals surface area contributed by atoms with Crippen molar-refractivity contribution < 1.29 is 14.0 Å². The molecule has 3 aromatic carbocycles. The van der Waals surface area contributed by atoms with Gasteiger partial charge in [0.05, 0.1) is 5.52 Å². The number of carbonyl (C=O) groups excluding carboxylic acids is 2. The first-order valence-electron chi connectivity index (χ1n) is 12.0. The molecule has 0 bridgehead atoms. The normalized spacial score (nSPS) is 12.3. The van der Waals surface area contributed by atoms with E-state index in [4.69, 9.17) is 0 Å². The third kappa shape index (κ3) is 5.59. The van der Waals surface area contributed by atoms with Gasteiger partial charge in [-0.05, 0) is 44.0 Å². The molecule has 0 saturated heterocycles. The number of para-hydroxylation sites is 1. The maximum atomic E-state index is 15.1. The predicted octanol–water partition coefficient (Wildman–Crippen LogP) is 4.65. The van der Waals surface area contributed by atoms with Gasteiger partial charge in [-0.3, -0.25) is 9.59 Å². The molecule has 0 saturated carbocycles. The number of nitrogens with one attached hydrogen (secondary N) is 1. The standard InChI is InChI=1S/C28H30FN5O2/c1-4-28(2,3)30-27(36)26(21-14-8-9-15-22(21)29)33(18-20-12-6-5-7-13-20)25(35)19-34-24-17-11-10-16-23(24)31-32-34/h5-17,26H,4,18-19H2,1-3H3,(H,30,36)/t26-/m0/s1. The first kappa shape index (κ1) is 25.0. The summed E-state index contributed by atoms with van der Waals surface area (Å²) in [6.45, 7) is 5.72. The topological polar surface area (TPSA) is 80.1 Å². The van der Waals surface area contributed by atoms with E-state index in [1.807, 2.05) is 75.4 Å². The van der Waals surface area contributed by atoms with Gasteiger partial charge >= 0.3 is 0 Å². The third-order valence-electron chi connectivity index (χ3n) is 6.33. The van der Waals surface area contributed by atoms with Gasteiger partial charge < -0.3 is 10.2 Å². The van der Waals surface area contributed by atoms with Gasteiger partial charge in [-0.2, -0.15) is 0 Å². The summed E-state index contributed by atoms with van der Waals surface area (Å²) in [5, 5.41) is 11.3. The van der Waals surface area contributed by atoms with Gasteiger partial charge in [-0.25, -0.2) is 9.07 Å². The molecule has 1 heterocycles. The Bertz CT molecular complexity index is 1350. The first-order chi connectivity index (χ1) is 17.3. The second-order valence-electron chi connectivity index (χ2n) is 9.39. The molecule has 1 atom stereocenters. The number of hydrogen-bond acceptors (Lipinski definition) is 4. The van der Waals surface area contributed by atoms with Crippen molar-refractivity contribution in [1.29, 1.82) is 0 Å². The summed E-state index contributed by atoms with van der Waals surface area (Å²) in [6.07, 6.45) is 0.667. The fraction of sp³-hybridized carbons (Fsp3) is 0.286. The van der Waals surface area contributed by atoms with Crippen LogP contribution in [-0.2, 0) is 22.7 Å². The zero-order valence-corrected chi connectivity index (χ0v) is 20.7. The van der Waals surface area contributed by atoms with Crippen LogP contribution in [0.25, 0.3) is 11.0 Å². The maximum Gasteiger partial charge on any atom is 0.247 e. The lowest BCUT2D eigenvalue weighted by Crippen LogP contribution is -2.50. The van der Waals surface area contributed by atoms with E-state index >= 15 is 4.39 Å². The quantitative estimate of drug-likeness (QED) is 0.373. The third-order valence-corrected chi connectivity index (χ3v) is 6.33. The molecule has 0 aliphatic carbocycles. The summed E-state index contributed by atoms with van der Waals surface area (Å²) >= 11 is 0. The monoisotopic (exact) mass is 487 g/mol. The minimum Gasteiger partial charge on any atom is -0.349 e. The number of benzene rings is 3. The van der Waals surface area contributed by atoms with E-state index in [9.17, 15) is 9.59 Å². The molecule has 1 aromatic heterocycles. The fourth-order valence-corrected chi connectivity index (χ4v) is 3.99. The van der Waals surface area contributed by atoms with Crippen LogP contribution >= 0.6 is 0 Å². The van der Waals surface area contributed by atoms with Gasteiger partial charge in [0.2, 0.25) is 11.8 Å². The minimum atomic E-state index is -1.18.